The van der Waals surface area contributed by atoms with E-state index in [0.717, 1.165) is 28.5 Å². The van der Waals surface area contributed by atoms with E-state index in [2.05, 4.69) is 34.0 Å². The molecule has 0 fully saturated rings. The molecule has 0 unspecified atom stereocenters. The van der Waals surface area contributed by atoms with Crippen molar-refractivity contribution in [2.75, 3.05) is 7.11 Å². The number of fused-ring (bicyclic) bond motifs is 1. The van der Waals surface area contributed by atoms with Gasteiger partial charge in [0, 0.05) is 17.3 Å². The van der Waals surface area contributed by atoms with E-state index < -0.39 is 0 Å². The summed E-state index contributed by atoms with van der Waals surface area (Å²) < 4.78 is 7.30. The lowest BCUT2D eigenvalue weighted by atomic mass is 10.2. The van der Waals surface area contributed by atoms with E-state index in [9.17, 15) is 0 Å². The molecular formula is C11H13BrN2O. The van der Waals surface area contributed by atoms with Crippen LogP contribution in [0.3, 0.4) is 0 Å². The number of aryl methyl sites for hydroxylation is 1. The van der Waals surface area contributed by atoms with E-state index in [1.54, 1.807) is 7.11 Å². The highest BCUT2D eigenvalue weighted by Crippen LogP contribution is 2.28. The molecule has 1 aromatic carbocycles. The first-order chi connectivity index (χ1) is 7.31. The zero-order valence-electron chi connectivity index (χ0n) is 8.83. The second-order valence-electron chi connectivity index (χ2n) is 3.25. The molecule has 2 rings (SSSR count). The zero-order chi connectivity index (χ0) is 10.8. The molecule has 0 aliphatic rings. The Morgan fingerprint density at radius 2 is 2.27 bits per heavy atom. The third-order valence-corrected chi connectivity index (χ3v) is 3.02. The van der Waals surface area contributed by atoms with Crippen molar-refractivity contribution in [2.24, 2.45) is 0 Å². The van der Waals surface area contributed by atoms with Crippen molar-refractivity contribution >= 4 is 26.8 Å². The first-order valence-corrected chi connectivity index (χ1v) is 6.02. The highest BCUT2D eigenvalue weighted by Gasteiger charge is 2.11. The van der Waals surface area contributed by atoms with Gasteiger partial charge in [0.1, 0.15) is 11.3 Å². The summed E-state index contributed by atoms with van der Waals surface area (Å²) in [6, 6.07) is 6.01. The van der Waals surface area contributed by atoms with Gasteiger partial charge in [-0.3, -0.25) is 4.68 Å². The molecule has 0 radical (unpaired) electrons. The second-order valence-corrected chi connectivity index (χ2v) is 3.81. The lowest BCUT2D eigenvalue weighted by Gasteiger charge is -1.99. The Morgan fingerprint density at radius 1 is 1.47 bits per heavy atom. The minimum atomic E-state index is 0.810. The molecule has 0 N–H and O–H groups in total. The molecule has 0 amide bonds. The number of hydrogen-bond acceptors (Lipinski definition) is 2. The molecule has 1 aromatic heterocycles. The van der Waals surface area contributed by atoms with Gasteiger partial charge < -0.3 is 4.74 Å². The average molecular weight is 269 g/mol. The fourth-order valence-electron chi connectivity index (χ4n) is 1.75. The zero-order valence-corrected chi connectivity index (χ0v) is 10.4. The largest absolute Gasteiger partial charge is 0.494 e. The molecule has 1 heterocycles. The summed E-state index contributed by atoms with van der Waals surface area (Å²) in [7, 11) is 1.67. The van der Waals surface area contributed by atoms with E-state index in [-0.39, 0.29) is 0 Å². The number of halogens is 1. The van der Waals surface area contributed by atoms with E-state index in [1.165, 1.54) is 5.69 Å². The van der Waals surface area contributed by atoms with Crippen LogP contribution in [0.15, 0.2) is 18.2 Å². The fourth-order valence-corrected chi connectivity index (χ4v) is 2.34. The number of methoxy groups -OCH3 is 1. The van der Waals surface area contributed by atoms with Crippen LogP contribution in [0.5, 0.6) is 5.75 Å². The number of nitrogens with zero attached hydrogens (tertiary/aromatic N) is 2. The first kappa shape index (κ1) is 10.5. The molecule has 0 bridgehead atoms. The monoisotopic (exact) mass is 268 g/mol. The molecule has 3 nitrogen and oxygen atoms in total. The molecule has 0 saturated carbocycles. The van der Waals surface area contributed by atoms with Crippen LogP contribution in [0, 0.1) is 0 Å². The van der Waals surface area contributed by atoms with Crippen LogP contribution in [-0.2, 0) is 11.9 Å². The van der Waals surface area contributed by atoms with Crippen molar-refractivity contribution in [3.8, 4) is 5.75 Å². The van der Waals surface area contributed by atoms with E-state index >= 15 is 0 Å². The Labute approximate surface area is 97.2 Å². The SMILES string of the molecule is CCn1nc2c(OC)cccc2c1CBr. The van der Waals surface area contributed by atoms with Crippen LogP contribution in [0.25, 0.3) is 10.9 Å². The van der Waals surface area contributed by atoms with Gasteiger partial charge in [0.15, 0.2) is 0 Å². The number of aromatic nitrogens is 2. The first-order valence-electron chi connectivity index (χ1n) is 4.90. The van der Waals surface area contributed by atoms with Gasteiger partial charge in [-0.2, -0.15) is 5.10 Å². The smallest absolute Gasteiger partial charge is 0.146 e. The van der Waals surface area contributed by atoms with Crippen molar-refractivity contribution in [1.29, 1.82) is 0 Å². The van der Waals surface area contributed by atoms with E-state index in [4.69, 9.17) is 4.74 Å². The summed E-state index contributed by atoms with van der Waals surface area (Å²) in [5.74, 6) is 0.835. The molecule has 0 aliphatic carbocycles. The topological polar surface area (TPSA) is 27.1 Å². The maximum absolute atomic E-state index is 5.29. The molecule has 4 heteroatoms. The van der Waals surface area contributed by atoms with Gasteiger partial charge in [-0.15, -0.1) is 0 Å². The Hall–Kier alpha value is -1.03. The molecule has 0 saturated heterocycles. The second kappa shape index (κ2) is 4.23. The summed E-state index contributed by atoms with van der Waals surface area (Å²) in [4.78, 5) is 0. The number of ether oxygens (including phenoxy) is 1. The standard InChI is InChI=1S/C11H13BrN2O/c1-3-14-9(7-12)8-5-4-6-10(15-2)11(8)13-14/h4-6H,3,7H2,1-2H3. The number of benzene rings is 1. The Morgan fingerprint density at radius 3 is 2.87 bits per heavy atom. The van der Waals surface area contributed by atoms with Gasteiger partial charge >= 0.3 is 0 Å². The van der Waals surface area contributed by atoms with Crippen LogP contribution in [0.1, 0.15) is 12.6 Å². The maximum atomic E-state index is 5.29. The molecular weight excluding hydrogens is 256 g/mol. The van der Waals surface area contributed by atoms with Crippen LogP contribution in [-0.4, -0.2) is 16.9 Å². The van der Waals surface area contributed by atoms with Crippen molar-refractivity contribution in [3.63, 3.8) is 0 Å². The molecule has 0 aliphatic heterocycles. The van der Waals surface area contributed by atoms with E-state index in [0.29, 0.717) is 0 Å². The molecule has 0 atom stereocenters. The number of hydrogen-bond donors (Lipinski definition) is 0. The number of rotatable bonds is 3. The summed E-state index contributed by atoms with van der Waals surface area (Å²) in [6.07, 6.45) is 0. The quantitative estimate of drug-likeness (QED) is 0.801. The van der Waals surface area contributed by atoms with Crippen molar-refractivity contribution in [2.45, 2.75) is 18.8 Å². The van der Waals surface area contributed by atoms with Gasteiger partial charge in [0.05, 0.1) is 12.8 Å². The van der Waals surface area contributed by atoms with Crippen LogP contribution in [0.4, 0.5) is 0 Å². The predicted molar refractivity (Wildman–Crippen MR) is 64.6 cm³/mol. The average Bonchev–Trinajstić information content (AvgIpc) is 2.66. The molecule has 2 aromatic rings. The molecule has 15 heavy (non-hydrogen) atoms. The van der Waals surface area contributed by atoms with Crippen LogP contribution in [0.2, 0.25) is 0 Å². The molecule has 0 spiro atoms. The summed E-state index contributed by atoms with van der Waals surface area (Å²) >= 11 is 3.49. The minimum absolute atomic E-state index is 0.810. The van der Waals surface area contributed by atoms with Gasteiger partial charge in [0.25, 0.3) is 0 Å². The summed E-state index contributed by atoms with van der Waals surface area (Å²) in [5.41, 5.74) is 2.14. The highest BCUT2D eigenvalue weighted by atomic mass is 79.9. The van der Waals surface area contributed by atoms with Gasteiger partial charge in [-0.1, -0.05) is 28.1 Å². The minimum Gasteiger partial charge on any atom is -0.494 e. The number of alkyl halides is 1. The van der Waals surface area contributed by atoms with Crippen LogP contribution >= 0.6 is 15.9 Å². The Bertz CT molecular complexity index is 479. The van der Waals surface area contributed by atoms with Crippen molar-refractivity contribution < 1.29 is 4.74 Å². The molecule has 80 valence electrons. The normalized spacial score (nSPS) is 10.9. The fraction of sp³-hybridized carbons (Fsp3) is 0.364. The highest BCUT2D eigenvalue weighted by molar-refractivity contribution is 9.08. The van der Waals surface area contributed by atoms with Gasteiger partial charge in [-0.05, 0) is 13.0 Å². The predicted octanol–water partition coefficient (Wildman–Crippen LogP) is 2.96. The van der Waals surface area contributed by atoms with E-state index in [1.807, 2.05) is 16.8 Å². The maximum Gasteiger partial charge on any atom is 0.146 e. The van der Waals surface area contributed by atoms with Crippen molar-refractivity contribution in [1.82, 2.24) is 9.78 Å². The van der Waals surface area contributed by atoms with Gasteiger partial charge in [0.2, 0.25) is 0 Å². The van der Waals surface area contributed by atoms with Gasteiger partial charge in [-0.25, -0.2) is 0 Å². The Balaban J connectivity index is 2.75. The van der Waals surface area contributed by atoms with Crippen molar-refractivity contribution in [3.05, 3.63) is 23.9 Å². The lowest BCUT2D eigenvalue weighted by molar-refractivity contribution is 0.418. The Kier molecular flexibility index (Phi) is 2.95. The summed E-state index contributed by atoms with van der Waals surface area (Å²) in [5, 5.41) is 6.50. The third-order valence-electron chi connectivity index (χ3n) is 2.49. The van der Waals surface area contributed by atoms with Crippen LogP contribution < -0.4 is 4.74 Å². The lowest BCUT2D eigenvalue weighted by Crippen LogP contribution is -2.00. The summed E-state index contributed by atoms with van der Waals surface area (Å²) in [6.45, 7) is 2.96. The third kappa shape index (κ3) is 1.63.